The van der Waals surface area contributed by atoms with Gasteiger partial charge in [0.05, 0.1) is 18.8 Å². The number of hydrogen-bond acceptors (Lipinski definition) is 6. The molecule has 1 aromatic carbocycles. The molecule has 6 rings (SSSR count). The Morgan fingerprint density at radius 2 is 1.97 bits per heavy atom. The van der Waals surface area contributed by atoms with Gasteiger partial charge >= 0.3 is 0 Å². The van der Waals surface area contributed by atoms with Crippen LogP contribution in [0.2, 0.25) is 0 Å². The SMILES string of the molecule is CO[C@H]1CC[C@]2(CC1)Cc1ccc(C3CC3)cc1C21N=C(N)N(Cc2ccnnc2)C1=O. The van der Waals surface area contributed by atoms with E-state index in [1.807, 2.05) is 6.07 Å². The summed E-state index contributed by atoms with van der Waals surface area (Å²) in [4.78, 5) is 21.0. The third kappa shape index (κ3) is 2.76. The van der Waals surface area contributed by atoms with Crippen LogP contribution in [0.3, 0.4) is 0 Å². The van der Waals surface area contributed by atoms with E-state index in [2.05, 4.69) is 28.4 Å². The average Bonchev–Trinajstić information content (AvgIpc) is 3.60. The van der Waals surface area contributed by atoms with Gasteiger partial charge in [0, 0.05) is 18.7 Å². The van der Waals surface area contributed by atoms with Crippen LogP contribution in [-0.4, -0.2) is 40.2 Å². The monoisotopic (exact) mass is 431 g/mol. The molecule has 3 aliphatic carbocycles. The first kappa shape index (κ1) is 19.9. The summed E-state index contributed by atoms with van der Waals surface area (Å²) < 4.78 is 5.66. The number of aromatic nitrogens is 2. The Bertz CT molecular complexity index is 1090. The highest BCUT2D eigenvalue weighted by Gasteiger charge is 2.66. The zero-order chi connectivity index (χ0) is 21.9. The van der Waals surface area contributed by atoms with Crippen molar-refractivity contribution in [3.8, 4) is 0 Å². The van der Waals surface area contributed by atoms with Crippen LogP contribution in [0.4, 0.5) is 0 Å². The van der Waals surface area contributed by atoms with Gasteiger partial charge in [-0.3, -0.25) is 9.69 Å². The van der Waals surface area contributed by atoms with Gasteiger partial charge < -0.3 is 10.5 Å². The molecule has 1 aliphatic heterocycles. The molecule has 1 atom stereocenters. The minimum absolute atomic E-state index is 0.00868. The predicted molar refractivity (Wildman–Crippen MR) is 120 cm³/mol. The summed E-state index contributed by atoms with van der Waals surface area (Å²) in [6, 6.07) is 8.65. The molecule has 2 N–H and O–H groups in total. The summed E-state index contributed by atoms with van der Waals surface area (Å²) in [5, 5.41) is 7.81. The van der Waals surface area contributed by atoms with E-state index >= 15 is 0 Å². The molecule has 0 saturated heterocycles. The molecule has 2 fully saturated rings. The summed E-state index contributed by atoms with van der Waals surface area (Å²) in [6.07, 6.45) is 10.6. The first-order chi connectivity index (χ1) is 15.6. The van der Waals surface area contributed by atoms with Gasteiger partial charge in [-0.15, -0.1) is 0 Å². The molecule has 0 radical (unpaired) electrons. The van der Waals surface area contributed by atoms with E-state index in [-0.39, 0.29) is 17.4 Å². The normalized spacial score (nSPS) is 31.4. The molecular weight excluding hydrogens is 402 g/mol. The van der Waals surface area contributed by atoms with Crippen LogP contribution in [-0.2, 0) is 28.0 Å². The second-order valence-corrected chi connectivity index (χ2v) is 9.91. The van der Waals surface area contributed by atoms with Crippen molar-refractivity contribution in [1.29, 1.82) is 0 Å². The number of carbonyl (C=O) groups excluding carboxylic acids is 1. The molecular formula is C25H29N5O2. The number of amides is 1. The number of nitrogens with zero attached hydrogens (tertiary/aromatic N) is 4. The van der Waals surface area contributed by atoms with Gasteiger partial charge in [-0.2, -0.15) is 10.2 Å². The van der Waals surface area contributed by atoms with Crippen molar-refractivity contribution in [3.63, 3.8) is 0 Å². The zero-order valence-corrected chi connectivity index (χ0v) is 18.5. The minimum Gasteiger partial charge on any atom is -0.381 e. The van der Waals surface area contributed by atoms with Gasteiger partial charge in [-0.25, -0.2) is 4.99 Å². The van der Waals surface area contributed by atoms with E-state index < -0.39 is 5.54 Å². The van der Waals surface area contributed by atoms with Crippen molar-refractivity contribution < 1.29 is 9.53 Å². The van der Waals surface area contributed by atoms with Gasteiger partial charge in [0.25, 0.3) is 5.91 Å². The molecule has 2 aromatic rings. The van der Waals surface area contributed by atoms with Crippen molar-refractivity contribution in [2.45, 2.75) is 69.1 Å². The van der Waals surface area contributed by atoms with Gasteiger partial charge in [0.1, 0.15) is 0 Å². The molecule has 2 heterocycles. The molecule has 0 bridgehead atoms. The lowest BCUT2D eigenvalue weighted by Crippen LogP contribution is -2.52. The van der Waals surface area contributed by atoms with E-state index in [4.69, 9.17) is 15.5 Å². The molecule has 1 amide bonds. The Morgan fingerprint density at radius 3 is 2.66 bits per heavy atom. The van der Waals surface area contributed by atoms with E-state index in [1.54, 1.807) is 24.4 Å². The zero-order valence-electron chi connectivity index (χ0n) is 18.5. The van der Waals surface area contributed by atoms with Crippen LogP contribution in [0.5, 0.6) is 0 Å². The topological polar surface area (TPSA) is 93.7 Å². The van der Waals surface area contributed by atoms with Crippen molar-refractivity contribution in [1.82, 2.24) is 15.1 Å². The van der Waals surface area contributed by atoms with Crippen LogP contribution < -0.4 is 5.73 Å². The molecule has 7 heteroatoms. The number of benzene rings is 1. The lowest BCUT2D eigenvalue weighted by molar-refractivity contribution is -0.138. The molecule has 32 heavy (non-hydrogen) atoms. The lowest BCUT2D eigenvalue weighted by Gasteiger charge is -2.45. The summed E-state index contributed by atoms with van der Waals surface area (Å²) in [5.74, 6) is 0.939. The van der Waals surface area contributed by atoms with Crippen LogP contribution in [0, 0.1) is 5.41 Å². The Labute approximate surface area is 188 Å². The smallest absolute Gasteiger partial charge is 0.262 e. The van der Waals surface area contributed by atoms with Gasteiger partial charge in [0.2, 0.25) is 0 Å². The Hall–Kier alpha value is -2.80. The van der Waals surface area contributed by atoms with E-state index in [9.17, 15) is 4.79 Å². The van der Waals surface area contributed by atoms with Crippen LogP contribution in [0.25, 0.3) is 0 Å². The third-order valence-corrected chi connectivity index (χ3v) is 8.19. The van der Waals surface area contributed by atoms with E-state index in [1.165, 1.54) is 24.0 Å². The molecule has 166 valence electrons. The summed E-state index contributed by atoms with van der Waals surface area (Å²) in [6.45, 7) is 0.361. The predicted octanol–water partition coefficient (Wildman–Crippen LogP) is 3.04. The fourth-order valence-corrected chi connectivity index (χ4v) is 6.30. The lowest BCUT2D eigenvalue weighted by atomic mass is 9.61. The summed E-state index contributed by atoms with van der Waals surface area (Å²) >= 11 is 0. The maximum absolute atomic E-state index is 14.3. The largest absolute Gasteiger partial charge is 0.381 e. The van der Waals surface area contributed by atoms with Gasteiger partial charge in [-0.05, 0) is 79.2 Å². The highest BCUT2D eigenvalue weighted by molar-refractivity contribution is 6.08. The number of aliphatic imine (C=N–C) groups is 1. The van der Waals surface area contributed by atoms with Crippen molar-refractivity contribution in [3.05, 3.63) is 58.9 Å². The van der Waals surface area contributed by atoms with Gasteiger partial charge in [0.15, 0.2) is 11.5 Å². The highest BCUT2D eigenvalue weighted by atomic mass is 16.5. The quantitative estimate of drug-likeness (QED) is 0.803. The first-order valence-electron chi connectivity index (χ1n) is 11.7. The fourth-order valence-electron chi connectivity index (χ4n) is 6.30. The number of nitrogens with two attached hydrogens (primary N) is 1. The van der Waals surface area contributed by atoms with Gasteiger partial charge in [-0.1, -0.05) is 18.2 Å². The molecule has 4 aliphatic rings. The second-order valence-electron chi connectivity index (χ2n) is 9.91. The van der Waals surface area contributed by atoms with Crippen LogP contribution >= 0.6 is 0 Å². The maximum Gasteiger partial charge on any atom is 0.262 e. The molecule has 7 nitrogen and oxygen atoms in total. The molecule has 2 spiro atoms. The van der Waals surface area contributed by atoms with E-state index in [0.29, 0.717) is 18.4 Å². The highest BCUT2D eigenvalue weighted by Crippen LogP contribution is 2.62. The second kappa shape index (κ2) is 7.10. The molecule has 1 aromatic heterocycles. The Morgan fingerprint density at radius 1 is 1.16 bits per heavy atom. The number of methoxy groups -OCH3 is 1. The third-order valence-electron chi connectivity index (χ3n) is 8.19. The van der Waals surface area contributed by atoms with Crippen molar-refractivity contribution in [2.75, 3.05) is 7.11 Å². The number of fused-ring (bicyclic) bond motifs is 3. The number of rotatable bonds is 4. The summed E-state index contributed by atoms with van der Waals surface area (Å²) in [7, 11) is 1.78. The number of ether oxygens (including phenoxy) is 1. The Kier molecular flexibility index (Phi) is 4.41. The summed E-state index contributed by atoms with van der Waals surface area (Å²) in [5.41, 5.74) is 9.86. The standard InChI is InChI=1S/C25H29N5O2/c1-32-20-6-9-24(10-7-20)13-19-5-4-18(17-2-3-17)12-21(19)25(24)22(31)30(23(26)29-25)15-16-8-11-27-28-14-16/h4-5,8,11-12,14,17,20H,2-3,6-7,9-10,13,15H2,1H3,(H2,26,29)/t20-,24-,25?. The molecule has 2 saturated carbocycles. The van der Waals surface area contributed by atoms with E-state index in [0.717, 1.165) is 43.2 Å². The maximum atomic E-state index is 14.3. The number of carbonyl (C=O) groups is 1. The first-order valence-corrected chi connectivity index (χ1v) is 11.7. The molecule has 1 unspecified atom stereocenters. The van der Waals surface area contributed by atoms with Crippen molar-refractivity contribution >= 4 is 11.9 Å². The van der Waals surface area contributed by atoms with Crippen LogP contribution in [0.1, 0.15) is 66.7 Å². The Balaban J connectivity index is 1.45. The number of hydrogen-bond donors (Lipinski definition) is 1. The minimum atomic E-state index is -0.934. The van der Waals surface area contributed by atoms with Crippen LogP contribution in [0.15, 0.2) is 41.7 Å². The fraction of sp³-hybridized carbons (Fsp3) is 0.520. The van der Waals surface area contributed by atoms with Crippen molar-refractivity contribution in [2.24, 2.45) is 16.1 Å². The number of guanidine groups is 1. The average molecular weight is 432 g/mol.